The second-order valence-electron chi connectivity index (χ2n) is 9.57. The Labute approximate surface area is 244 Å². The molecule has 5 rings (SSSR count). The highest BCUT2D eigenvalue weighted by molar-refractivity contribution is 5.62. The monoisotopic (exact) mass is 588 g/mol. The maximum atomic E-state index is 11.3. The molecule has 0 saturated heterocycles. The van der Waals surface area contributed by atoms with Gasteiger partial charge in [-0.15, -0.1) is 30.3 Å². The van der Waals surface area contributed by atoms with Gasteiger partial charge in [-0.25, -0.2) is 9.94 Å². The first-order chi connectivity index (χ1) is 20.9. The van der Waals surface area contributed by atoms with Crippen molar-refractivity contribution in [1.29, 1.82) is 0 Å². The van der Waals surface area contributed by atoms with Crippen LogP contribution in [0.2, 0.25) is 0 Å². The SMILES string of the molecule is CCCc1nn(C)c2c1N=Nc1cc(N=O)ccc1OC(c1c(N=Nc3cc(N=O)ccc3OO)c(CCC)nn1C)O2. The van der Waals surface area contributed by atoms with Gasteiger partial charge in [0.2, 0.25) is 5.88 Å². The summed E-state index contributed by atoms with van der Waals surface area (Å²) in [6.07, 6.45) is 1.54. The first kappa shape index (κ1) is 29.1. The largest absolute Gasteiger partial charge is 0.447 e. The van der Waals surface area contributed by atoms with Crippen molar-refractivity contribution >= 4 is 34.1 Å². The van der Waals surface area contributed by atoms with E-state index < -0.39 is 6.29 Å². The fourth-order valence-electron chi connectivity index (χ4n) is 4.57. The molecule has 0 spiro atoms. The Kier molecular flexibility index (Phi) is 8.56. The molecule has 1 N–H and O–H groups in total. The molecule has 0 radical (unpaired) electrons. The van der Waals surface area contributed by atoms with E-state index in [1.165, 1.54) is 30.3 Å². The third-order valence-electron chi connectivity index (χ3n) is 6.54. The second kappa shape index (κ2) is 12.6. The summed E-state index contributed by atoms with van der Waals surface area (Å²) in [6, 6.07) is 8.53. The third kappa shape index (κ3) is 5.85. The molecule has 4 aromatic rings. The van der Waals surface area contributed by atoms with E-state index >= 15 is 0 Å². The molecule has 222 valence electrons. The van der Waals surface area contributed by atoms with Crippen LogP contribution in [0.15, 0.2) is 67.2 Å². The fourth-order valence-corrected chi connectivity index (χ4v) is 4.57. The summed E-state index contributed by atoms with van der Waals surface area (Å²) >= 11 is 0. The second-order valence-corrected chi connectivity index (χ2v) is 9.57. The molecular formula is C27H28N10O6. The van der Waals surface area contributed by atoms with Crippen LogP contribution in [0.5, 0.6) is 17.4 Å². The van der Waals surface area contributed by atoms with Crippen LogP contribution in [0, 0.1) is 9.81 Å². The predicted octanol–water partition coefficient (Wildman–Crippen LogP) is 8.01. The van der Waals surface area contributed by atoms with E-state index in [2.05, 4.69) is 45.9 Å². The molecule has 1 aliphatic heterocycles. The quantitative estimate of drug-likeness (QED) is 0.0832. The molecule has 3 heterocycles. The van der Waals surface area contributed by atoms with E-state index in [4.69, 9.17) is 9.47 Å². The van der Waals surface area contributed by atoms with Crippen LogP contribution in [0.25, 0.3) is 0 Å². The number of nitrogens with zero attached hydrogens (tertiary/aromatic N) is 10. The number of aromatic nitrogens is 4. The first-order valence-corrected chi connectivity index (χ1v) is 13.4. The van der Waals surface area contributed by atoms with Gasteiger partial charge in [-0.1, -0.05) is 26.7 Å². The Morgan fingerprint density at radius 2 is 1.58 bits per heavy atom. The van der Waals surface area contributed by atoms with Crippen LogP contribution in [0.4, 0.5) is 34.1 Å². The van der Waals surface area contributed by atoms with Crippen molar-refractivity contribution in [2.24, 2.45) is 44.9 Å². The standard InChI is InChI=1S/C27H28N10O6/c1-5-7-17-23(30-29-20-14-16(35-39)10-12-22(20)43-40)25(36(3)32-17)27-41-21-11-9-15(34-38)13-19(21)28-31-24-18(8-6-2)33-37(4)26(24)42-27/h9-14,27,40H,5-8H2,1-4H3. The summed E-state index contributed by atoms with van der Waals surface area (Å²) in [5.74, 6) is 0.523. The molecule has 0 aliphatic carbocycles. The summed E-state index contributed by atoms with van der Waals surface area (Å²) in [5, 5.41) is 42.0. The van der Waals surface area contributed by atoms with E-state index in [1.807, 2.05) is 13.8 Å². The van der Waals surface area contributed by atoms with Gasteiger partial charge >= 0.3 is 0 Å². The van der Waals surface area contributed by atoms with Gasteiger partial charge in [0, 0.05) is 14.1 Å². The van der Waals surface area contributed by atoms with Crippen LogP contribution in [0.1, 0.15) is 50.1 Å². The van der Waals surface area contributed by atoms with E-state index in [0.717, 1.165) is 12.8 Å². The molecule has 2 aromatic carbocycles. The molecule has 16 heteroatoms. The number of aryl methyl sites for hydroxylation is 4. The minimum absolute atomic E-state index is 0.0340. The molecule has 2 aromatic heterocycles. The Bertz CT molecular complexity index is 1730. The average Bonchev–Trinajstić information content (AvgIpc) is 3.50. The molecule has 1 atom stereocenters. The summed E-state index contributed by atoms with van der Waals surface area (Å²) in [6.45, 7) is 4.02. The molecule has 1 aliphatic rings. The predicted molar refractivity (Wildman–Crippen MR) is 154 cm³/mol. The number of nitroso groups, excluding NO2 is 2. The van der Waals surface area contributed by atoms with Gasteiger partial charge in [0.25, 0.3) is 6.29 Å². The number of azo groups is 2. The minimum atomic E-state index is -1.17. The maximum Gasteiger partial charge on any atom is 0.288 e. The van der Waals surface area contributed by atoms with E-state index in [0.29, 0.717) is 47.2 Å². The zero-order chi connectivity index (χ0) is 30.5. The fraction of sp³-hybridized carbons (Fsp3) is 0.333. The molecule has 0 amide bonds. The van der Waals surface area contributed by atoms with Crippen molar-refractivity contribution in [2.45, 2.75) is 45.8 Å². The van der Waals surface area contributed by atoms with Crippen molar-refractivity contribution in [1.82, 2.24) is 19.6 Å². The van der Waals surface area contributed by atoms with Gasteiger partial charge in [-0.3, -0.25) is 4.68 Å². The van der Waals surface area contributed by atoms with Gasteiger partial charge in [0.15, 0.2) is 17.2 Å². The topological polar surface area (TPSA) is 192 Å². The molecule has 0 fully saturated rings. The molecule has 0 bridgehead atoms. The highest BCUT2D eigenvalue weighted by Crippen LogP contribution is 2.44. The number of ether oxygens (including phenoxy) is 2. The Balaban J connectivity index is 1.69. The van der Waals surface area contributed by atoms with Gasteiger partial charge in [-0.05, 0) is 59.6 Å². The summed E-state index contributed by atoms with van der Waals surface area (Å²) in [5.41, 5.74) is 2.93. The molecule has 0 saturated carbocycles. The summed E-state index contributed by atoms with van der Waals surface area (Å²) in [7, 11) is 3.44. The van der Waals surface area contributed by atoms with Crippen LogP contribution >= 0.6 is 0 Å². The summed E-state index contributed by atoms with van der Waals surface area (Å²) in [4.78, 5) is 26.8. The number of hydrogen-bond acceptors (Lipinski definition) is 14. The minimum Gasteiger partial charge on any atom is -0.447 e. The smallest absolute Gasteiger partial charge is 0.288 e. The number of benzene rings is 2. The lowest BCUT2D eigenvalue weighted by Crippen LogP contribution is -2.20. The highest BCUT2D eigenvalue weighted by Gasteiger charge is 2.32. The van der Waals surface area contributed by atoms with Crippen LogP contribution in [-0.4, -0.2) is 24.8 Å². The maximum absolute atomic E-state index is 11.3. The number of fused-ring (bicyclic) bond motifs is 2. The van der Waals surface area contributed by atoms with Crippen LogP contribution in [-0.2, 0) is 26.9 Å². The van der Waals surface area contributed by atoms with Crippen molar-refractivity contribution in [3.63, 3.8) is 0 Å². The Hall–Kier alpha value is -5.38. The zero-order valence-corrected chi connectivity index (χ0v) is 23.8. The van der Waals surface area contributed by atoms with Gasteiger partial charge in [0.1, 0.15) is 34.1 Å². The average molecular weight is 589 g/mol. The van der Waals surface area contributed by atoms with Gasteiger partial charge in [0.05, 0.1) is 11.4 Å². The lowest BCUT2D eigenvalue weighted by Gasteiger charge is -2.21. The first-order valence-electron chi connectivity index (χ1n) is 13.4. The summed E-state index contributed by atoms with van der Waals surface area (Å²) < 4.78 is 16.0. The molecular weight excluding hydrogens is 560 g/mol. The molecule has 43 heavy (non-hydrogen) atoms. The van der Waals surface area contributed by atoms with Crippen LogP contribution in [0.3, 0.4) is 0 Å². The zero-order valence-electron chi connectivity index (χ0n) is 23.8. The number of hydrogen-bond donors (Lipinski definition) is 1. The van der Waals surface area contributed by atoms with Gasteiger partial charge < -0.3 is 14.4 Å². The van der Waals surface area contributed by atoms with E-state index in [1.54, 1.807) is 29.5 Å². The highest BCUT2D eigenvalue weighted by atomic mass is 17.1. The van der Waals surface area contributed by atoms with Crippen LogP contribution < -0.4 is 14.4 Å². The third-order valence-corrected chi connectivity index (χ3v) is 6.54. The van der Waals surface area contributed by atoms with E-state index in [-0.39, 0.29) is 34.2 Å². The van der Waals surface area contributed by atoms with Crippen molar-refractivity contribution in [3.8, 4) is 17.4 Å². The molecule has 16 nitrogen and oxygen atoms in total. The number of rotatable bonds is 10. The van der Waals surface area contributed by atoms with Crippen molar-refractivity contribution in [2.75, 3.05) is 0 Å². The van der Waals surface area contributed by atoms with Crippen molar-refractivity contribution < 1.29 is 19.6 Å². The van der Waals surface area contributed by atoms with Crippen molar-refractivity contribution in [3.05, 3.63) is 63.3 Å². The lowest BCUT2D eigenvalue weighted by atomic mass is 10.2. The molecule has 1 unspecified atom stereocenters. The Morgan fingerprint density at radius 3 is 2.30 bits per heavy atom. The van der Waals surface area contributed by atoms with E-state index in [9.17, 15) is 15.1 Å². The normalized spacial score (nSPS) is 14.2. The Morgan fingerprint density at radius 1 is 0.884 bits per heavy atom. The van der Waals surface area contributed by atoms with Gasteiger partial charge in [-0.2, -0.15) is 10.2 Å². The lowest BCUT2D eigenvalue weighted by molar-refractivity contribution is -0.137.